The van der Waals surface area contributed by atoms with E-state index in [0.29, 0.717) is 37.2 Å². The molecule has 0 unspecified atom stereocenters. The average molecular weight is 306 g/mol. The van der Waals surface area contributed by atoms with Crippen LogP contribution in [0, 0.1) is 16.0 Å². The molecule has 0 amide bonds. The minimum atomic E-state index is -0.478. The second-order valence-corrected chi connectivity index (χ2v) is 5.30. The molecule has 0 radical (unpaired) electrons. The van der Waals surface area contributed by atoms with Gasteiger partial charge in [-0.2, -0.15) is 0 Å². The van der Waals surface area contributed by atoms with E-state index in [2.05, 4.69) is 0 Å². The Morgan fingerprint density at radius 2 is 1.95 bits per heavy atom. The molecule has 22 heavy (non-hydrogen) atoms. The standard InChI is InChI=1S/C15H18N2O5/c1-10(18)12-3-4-13(14(9-12)17(20)21)16-7-5-11(6-8-16)15(19)22-2/h3-4,9,11H,5-8H2,1-2H3. The van der Waals surface area contributed by atoms with Crippen molar-refractivity contribution < 1.29 is 19.2 Å². The molecule has 1 aromatic rings. The summed E-state index contributed by atoms with van der Waals surface area (Å²) in [7, 11) is 1.36. The zero-order valence-corrected chi connectivity index (χ0v) is 12.6. The first kappa shape index (κ1) is 15.9. The number of methoxy groups -OCH3 is 1. The van der Waals surface area contributed by atoms with E-state index in [0.717, 1.165) is 0 Å². The van der Waals surface area contributed by atoms with Gasteiger partial charge in [0, 0.05) is 24.7 Å². The van der Waals surface area contributed by atoms with Gasteiger partial charge in [0.2, 0.25) is 0 Å². The zero-order chi connectivity index (χ0) is 16.3. The highest BCUT2D eigenvalue weighted by Gasteiger charge is 2.29. The third-order valence-electron chi connectivity index (χ3n) is 3.95. The van der Waals surface area contributed by atoms with Crippen LogP contribution in [0.2, 0.25) is 0 Å². The Labute approximate surface area is 128 Å². The number of nitro groups is 1. The number of carbonyl (C=O) groups is 2. The fourth-order valence-electron chi connectivity index (χ4n) is 2.68. The average Bonchev–Trinajstić information content (AvgIpc) is 2.53. The molecule has 0 saturated carbocycles. The van der Waals surface area contributed by atoms with Crippen LogP contribution in [-0.2, 0) is 9.53 Å². The number of hydrogen-bond donors (Lipinski definition) is 0. The van der Waals surface area contributed by atoms with Crippen LogP contribution in [0.25, 0.3) is 0 Å². The van der Waals surface area contributed by atoms with Crippen LogP contribution in [-0.4, -0.2) is 36.9 Å². The van der Waals surface area contributed by atoms with Crippen molar-refractivity contribution in [2.45, 2.75) is 19.8 Å². The van der Waals surface area contributed by atoms with E-state index in [4.69, 9.17) is 4.74 Å². The van der Waals surface area contributed by atoms with Crippen molar-refractivity contribution >= 4 is 23.1 Å². The number of nitro benzene ring substituents is 1. The van der Waals surface area contributed by atoms with Gasteiger partial charge >= 0.3 is 5.97 Å². The summed E-state index contributed by atoms with van der Waals surface area (Å²) in [6.07, 6.45) is 1.19. The van der Waals surface area contributed by atoms with E-state index in [-0.39, 0.29) is 23.4 Å². The van der Waals surface area contributed by atoms with Crippen LogP contribution in [0.5, 0.6) is 0 Å². The number of piperidine rings is 1. The Kier molecular flexibility index (Phi) is 4.75. The molecule has 0 aliphatic carbocycles. The fourth-order valence-corrected chi connectivity index (χ4v) is 2.68. The van der Waals surface area contributed by atoms with Crippen LogP contribution in [0.3, 0.4) is 0 Å². The van der Waals surface area contributed by atoms with Crippen molar-refractivity contribution in [1.82, 2.24) is 0 Å². The molecule has 0 spiro atoms. The van der Waals surface area contributed by atoms with Crippen LogP contribution in [0.4, 0.5) is 11.4 Å². The number of nitrogens with zero attached hydrogens (tertiary/aromatic N) is 2. The van der Waals surface area contributed by atoms with E-state index >= 15 is 0 Å². The summed E-state index contributed by atoms with van der Waals surface area (Å²) >= 11 is 0. The van der Waals surface area contributed by atoms with E-state index < -0.39 is 4.92 Å². The van der Waals surface area contributed by atoms with E-state index in [1.54, 1.807) is 12.1 Å². The van der Waals surface area contributed by atoms with Crippen molar-refractivity contribution in [3.63, 3.8) is 0 Å². The number of anilines is 1. The normalized spacial score (nSPS) is 15.5. The van der Waals surface area contributed by atoms with Crippen molar-refractivity contribution in [3.8, 4) is 0 Å². The molecule has 7 heteroatoms. The number of Topliss-reactive ketones (excluding diaryl/α,β-unsaturated/α-hetero) is 1. The molecule has 7 nitrogen and oxygen atoms in total. The first-order valence-corrected chi connectivity index (χ1v) is 7.06. The molecule has 1 fully saturated rings. The van der Waals surface area contributed by atoms with Crippen molar-refractivity contribution in [1.29, 1.82) is 0 Å². The maximum Gasteiger partial charge on any atom is 0.308 e. The molecule has 0 N–H and O–H groups in total. The number of carbonyl (C=O) groups excluding carboxylic acids is 2. The molecule has 0 atom stereocenters. The van der Waals surface area contributed by atoms with E-state index in [9.17, 15) is 19.7 Å². The van der Waals surface area contributed by atoms with Gasteiger partial charge in [-0.25, -0.2) is 0 Å². The van der Waals surface area contributed by atoms with Gasteiger partial charge in [0.1, 0.15) is 5.69 Å². The van der Waals surface area contributed by atoms with Gasteiger partial charge in [-0.15, -0.1) is 0 Å². The van der Waals surface area contributed by atoms with Crippen LogP contribution < -0.4 is 4.90 Å². The van der Waals surface area contributed by atoms with E-state index in [1.807, 2.05) is 4.90 Å². The summed E-state index contributed by atoms with van der Waals surface area (Å²) in [5.41, 5.74) is 0.724. The predicted molar refractivity (Wildman–Crippen MR) is 80.1 cm³/mol. The van der Waals surface area contributed by atoms with Gasteiger partial charge in [-0.05, 0) is 31.9 Å². The summed E-state index contributed by atoms with van der Waals surface area (Å²) < 4.78 is 4.73. The Balaban J connectivity index is 2.21. The van der Waals surface area contributed by atoms with E-state index in [1.165, 1.54) is 20.1 Å². The molecule has 1 saturated heterocycles. The highest BCUT2D eigenvalue weighted by Crippen LogP contribution is 2.32. The Morgan fingerprint density at radius 1 is 1.32 bits per heavy atom. The van der Waals surface area contributed by atoms with Gasteiger partial charge in [0.15, 0.2) is 5.78 Å². The van der Waals surface area contributed by atoms with Crippen molar-refractivity contribution in [2.24, 2.45) is 5.92 Å². The molecule has 2 rings (SSSR count). The summed E-state index contributed by atoms with van der Waals surface area (Å²) in [5, 5.41) is 11.3. The number of ketones is 1. The molecule has 1 aliphatic rings. The zero-order valence-electron chi connectivity index (χ0n) is 12.6. The number of hydrogen-bond acceptors (Lipinski definition) is 6. The molecule has 1 aliphatic heterocycles. The number of benzene rings is 1. The highest BCUT2D eigenvalue weighted by atomic mass is 16.6. The summed E-state index contributed by atoms with van der Waals surface area (Å²) in [4.78, 5) is 35.5. The molecule has 118 valence electrons. The highest BCUT2D eigenvalue weighted by molar-refractivity contribution is 5.95. The number of esters is 1. The number of rotatable bonds is 4. The predicted octanol–water partition coefficient (Wildman–Crippen LogP) is 2.19. The lowest BCUT2D eigenvalue weighted by Gasteiger charge is -2.32. The third-order valence-corrected chi connectivity index (χ3v) is 3.95. The van der Waals surface area contributed by atoms with Crippen LogP contribution >= 0.6 is 0 Å². The number of ether oxygens (including phenoxy) is 1. The first-order chi connectivity index (χ1) is 10.4. The second-order valence-electron chi connectivity index (χ2n) is 5.30. The van der Waals surface area contributed by atoms with Crippen molar-refractivity contribution in [3.05, 3.63) is 33.9 Å². The Morgan fingerprint density at radius 3 is 2.45 bits per heavy atom. The lowest BCUT2D eigenvalue weighted by atomic mass is 9.96. The molecular weight excluding hydrogens is 288 g/mol. The summed E-state index contributed by atoms with van der Waals surface area (Å²) in [6, 6.07) is 4.51. The summed E-state index contributed by atoms with van der Waals surface area (Å²) in [6.45, 7) is 2.46. The van der Waals surface area contributed by atoms with Crippen LogP contribution in [0.1, 0.15) is 30.1 Å². The Bertz CT molecular complexity index is 606. The molecule has 0 bridgehead atoms. The van der Waals surface area contributed by atoms with Gasteiger partial charge in [0.25, 0.3) is 5.69 Å². The summed E-state index contributed by atoms with van der Waals surface area (Å²) in [5.74, 6) is -0.600. The third kappa shape index (κ3) is 3.24. The van der Waals surface area contributed by atoms with Gasteiger partial charge in [-0.1, -0.05) is 0 Å². The lowest BCUT2D eigenvalue weighted by Crippen LogP contribution is -2.37. The maximum absolute atomic E-state index is 11.5. The largest absolute Gasteiger partial charge is 0.469 e. The topological polar surface area (TPSA) is 89.8 Å². The monoisotopic (exact) mass is 306 g/mol. The molecule has 1 heterocycles. The first-order valence-electron chi connectivity index (χ1n) is 7.06. The van der Waals surface area contributed by atoms with Gasteiger partial charge < -0.3 is 9.64 Å². The second kappa shape index (κ2) is 6.55. The SMILES string of the molecule is COC(=O)C1CCN(c2ccc(C(C)=O)cc2[N+](=O)[O-])CC1. The minimum absolute atomic E-state index is 0.0794. The quantitative estimate of drug-likeness (QED) is 0.366. The minimum Gasteiger partial charge on any atom is -0.469 e. The van der Waals surface area contributed by atoms with Gasteiger partial charge in [-0.3, -0.25) is 19.7 Å². The molecule has 1 aromatic carbocycles. The smallest absolute Gasteiger partial charge is 0.308 e. The molecular formula is C15H18N2O5. The molecule has 0 aromatic heterocycles. The fraction of sp³-hybridized carbons (Fsp3) is 0.467. The maximum atomic E-state index is 11.5. The van der Waals surface area contributed by atoms with Crippen LogP contribution in [0.15, 0.2) is 18.2 Å². The van der Waals surface area contributed by atoms with Crippen molar-refractivity contribution in [2.75, 3.05) is 25.1 Å². The van der Waals surface area contributed by atoms with Gasteiger partial charge in [0.05, 0.1) is 18.0 Å². The lowest BCUT2D eigenvalue weighted by molar-refractivity contribution is -0.384. The Hall–Kier alpha value is -2.44.